The minimum Gasteiger partial charge on any atom is -0.497 e. The monoisotopic (exact) mass is 507 g/mol. The predicted octanol–water partition coefficient (Wildman–Crippen LogP) is 3.96. The van der Waals surface area contributed by atoms with E-state index in [0.29, 0.717) is 35.9 Å². The van der Waals surface area contributed by atoms with Crippen molar-refractivity contribution in [2.24, 2.45) is 0 Å². The van der Waals surface area contributed by atoms with Crippen LogP contribution in [0.2, 0.25) is 0 Å². The normalized spacial score (nSPS) is 12.0. The first-order chi connectivity index (χ1) is 18.0. The predicted molar refractivity (Wildman–Crippen MR) is 142 cm³/mol. The van der Waals surface area contributed by atoms with E-state index in [9.17, 15) is 9.90 Å². The molecule has 3 rings (SSSR count). The summed E-state index contributed by atoms with van der Waals surface area (Å²) in [4.78, 5) is 12.4. The number of ether oxygens (including phenoxy) is 5. The van der Waals surface area contributed by atoms with Gasteiger partial charge in [-0.2, -0.15) is 0 Å². The van der Waals surface area contributed by atoms with E-state index in [4.69, 9.17) is 23.7 Å². The number of methoxy groups -OCH3 is 4. The quantitative estimate of drug-likeness (QED) is 0.204. The summed E-state index contributed by atoms with van der Waals surface area (Å²) in [5.74, 6) is 2.31. The van der Waals surface area contributed by atoms with Crippen LogP contribution in [0.1, 0.15) is 16.7 Å². The van der Waals surface area contributed by atoms with Gasteiger partial charge in [0.15, 0.2) is 0 Å². The third-order valence-corrected chi connectivity index (χ3v) is 5.63. The summed E-state index contributed by atoms with van der Waals surface area (Å²) in [6.45, 7) is 1.00. The molecule has 0 aliphatic heterocycles. The summed E-state index contributed by atoms with van der Waals surface area (Å²) < 4.78 is 26.5. The lowest BCUT2D eigenvalue weighted by atomic mass is 10.0. The van der Waals surface area contributed by atoms with Gasteiger partial charge in [0.1, 0.15) is 35.7 Å². The van der Waals surface area contributed by atoms with E-state index in [0.717, 1.165) is 22.4 Å². The first-order valence-electron chi connectivity index (χ1n) is 11.7. The van der Waals surface area contributed by atoms with Crippen LogP contribution in [0.5, 0.6) is 23.0 Å². The van der Waals surface area contributed by atoms with Crippen molar-refractivity contribution in [1.82, 2.24) is 5.32 Å². The van der Waals surface area contributed by atoms with E-state index in [2.05, 4.69) is 5.32 Å². The molecular weight excluding hydrogens is 474 g/mol. The lowest BCUT2D eigenvalue weighted by Gasteiger charge is -2.15. The molecular formula is C29H33NO7. The summed E-state index contributed by atoms with van der Waals surface area (Å²) >= 11 is 0. The number of carbonyl (C=O) groups is 1. The highest BCUT2D eigenvalue weighted by atomic mass is 16.5. The van der Waals surface area contributed by atoms with Gasteiger partial charge >= 0.3 is 5.97 Å². The van der Waals surface area contributed by atoms with Crippen molar-refractivity contribution in [2.75, 3.05) is 41.6 Å². The molecule has 0 bridgehead atoms. The van der Waals surface area contributed by atoms with E-state index in [1.165, 1.54) is 7.11 Å². The summed E-state index contributed by atoms with van der Waals surface area (Å²) in [5.41, 5.74) is 2.91. The van der Waals surface area contributed by atoms with Gasteiger partial charge in [-0.05, 0) is 47.5 Å². The lowest BCUT2D eigenvalue weighted by Crippen LogP contribution is -2.31. The van der Waals surface area contributed by atoms with Gasteiger partial charge in [0.2, 0.25) is 0 Å². The highest BCUT2D eigenvalue weighted by molar-refractivity contribution is 6.21. The molecule has 0 spiro atoms. The van der Waals surface area contributed by atoms with Crippen molar-refractivity contribution in [2.45, 2.75) is 12.6 Å². The first kappa shape index (κ1) is 27.6. The second-order valence-electron chi connectivity index (χ2n) is 8.12. The van der Waals surface area contributed by atoms with E-state index < -0.39 is 12.1 Å². The van der Waals surface area contributed by atoms with Crippen LogP contribution in [0.3, 0.4) is 0 Å². The SMILES string of the molecule is COC(=O)C(=Cc1ccc(OCC(O)CNCc2ccc(OC)cc2OC)cc1)c1ccc(OC)cc1. The van der Waals surface area contributed by atoms with Gasteiger partial charge in [0.05, 0.1) is 34.0 Å². The summed E-state index contributed by atoms with van der Waals surface area (Å²) in [6.07, 6.45) is 1.05. The summed E-state index contributed by atoms with van der Waals surface area (Å²) in [5, 5.41) is 13.5. The van der Waals surface area contributed by atoms with E-state index in [1.807, 2.05) is 30.3 Å². The number of rotatable bonds is 13. The number of aliphatic hydroxyl groups is 1. The van der Waals surface area contributed by atoms with Crippen LogP contribution in [0.15, 0.2) is 66.7 Å². The number of nitrogens with one attached hydrogen (secondary N) is 1. The fourth-order valence-electron chi connectivity index (χ4n) is 3.59. The third-order valence-electron chi connectivity index (χ3n) is 5.63. The van der Waals surface area contributed by atoms with Gasteiger partial charge in [-0.15, -0.1) is 0 Å². The fraction of sp³-hybridized carbons (Fsp3) is 0.276. The Hall–Kier alpha value is -4.01. The fourth-order valence-corrected chi connectivity index (χ4v) is 3.59. The van der Waals surface area contributed by atoms with Crippen molar-refractivity contribution in [3.63, 3.8) is 0 Å². The van der Waals surface area contributed by atoms with E-state index in [1.54, 1.807) is 63.8 Å². The molecule has 0 aliphatic carbocycles. The molecule has 1 unspecified atom stereocenters. The molecule has 3 aromatic rings. The van der Waals surface area contributed by atoms with Crippen molar-refractivity contribution in [3.05, 3.63) is 83.4 Å². The largest absolute Gasteiger partial charge is 0.497 e. The van der Waals surface area contributed by atoms with Crippen molar-refractivity contribution in [3.8, 4) is 23.0 Å². The Morgan fingerprint density at radius 3 is 2.14 bits per heavy atom. The van der Waals surface area contributed by atoms with Crippen LogP contribution in [0, 0.1) is 0 Å². The number of aliphatic hydroxyl groups excluding tert-OH is 1. The van der Waals surface area contributed by atoms with Crippen LogP contribution in [0.4, 0.5) is 0 Å². The molecule has 8 heteroatoms. The highest BCUT2D eigenvalue weighted by Gasteiger charge is 2.13. The van der Waals surface area contributed by atoms with Gasteiger partial charge in [-0.25, -0.2) is 4.79 Å². The molecule has 2 N–H and O–H groups in total. The molecule has 1 atom stereocenters. The van der Waals surface area contributed by atoms with Crippen LogP contribution in [0.25, 0.3) is 11.6 Å². The van der Waals surface area contributed by atoms with Crippen LogP contribution >= 0.6 is 0 Å². The molecule has 0 saturated heterocycles. The smallest absolute Gasteiger partial charge is 0.338 e. The Morgan fingerprint density at radius 1 is 0.865 bits per heavy atom. The zero-order valence-electron chi connectivity index (χ0n) is 21.5. The average Bonchev–Trinajstić information content (AvgIpc) is 2.95. The number of benzene rings is 3. The maximum absolute atomic E-state index is 12.4. The molecule has 0 aromatic heterocycles. The van der Waals surface area contributed by atoms with Gasteiger partial charge in [-0.1, -0.05) is 30.3 Å². The number of hydrogen-bond acceptors (Lipinski definition) is 8. The van der Waals surface area contributed by atoms with E-state index in [-0.39, 0.29) is 6.61 Å². The Kier molecular flexibility index (Phi) is 10.4. The Bertz CT molecular complexity index is 1170. The summed E-state index contributed by atoms with van der Waals surface area (Å²) in [6, 6.07) is 20.0. The Morgan fingerprint density at radius 2 is 1.51 bits per heavy atom. The maximum atomic E-state index is 12.4. The minimum absolute atomic E-state index is 0.126. The van der Waals surface area contributed by atoms with Gasteiger partial charge in [-0.3, -0.25) is 0 Å². The molecule has 196 valence electrons. The van der Waals surface area contributed by atoms with Gasteiger partial charge < -0.3 is 34.1 Å². The van der Waals surface area contributed by atoms with Crippen LogP contribution < -0.4 is 24.3 Å². The molecule has 0 radical (unpaired) electrons. The molecule has 0 heterocycles. The zero-order chi connectivity index (χ0) is 26.6. The lowest BCUT2D eigenvalue weighted by molar-refractivity contribution is -0.133. The number of hydrogen-bond donors (Lipinski definition) is 2. The van der Waals surface area contributed by atoms with E-state index >= 15 is 0 Å². The Labute approximate surface area is 217 Å². The summed E-state index contributed by atoms with van der Waals surface area (Å²) in [7, 11) is 6.16. The van der Waals surface area contributed by atoms with Gasteiger partial charge in [0.25, 0.3) is 0 Å². The topological polar surface area (TPSA) is 95.5 Å². The van der Waals surface area contributed by atoms with Crippen molar-refractivity contribution >= 4 is 17.6 Å². The molecule has 8 nitrogen and oxygen atoms in total. The van der Waals surface area contributed by atoms with Gasteiger partial charge in [0, 0.05) is 24.7 Å². The average molecular weight is 508 g/mol. The standard InChI is InChI=1S/C29H33NO7/c1-33-24-12-7-21(8-13-24)27(29(32)36-4)15-20-5-10-25(11-6-20)37-19-23(31)18-30-17-22-9-14-26(34-2)16-28(22)35-3/h5-16,23,30-31H,17-19H2,1-4H3. The number of carbonyl (C=O) groups excluding carboxylic acids is 1. The Balaban J connectivity index is 1.54. The molecule has 3 aromatic carbocycles. The minimum atomic E-state index is -0.704. The number of esters is 1. The van der Waals surface area contributed by atoms with Crippen LogP contribution in [-0.4, -0.2) is 58.8 Å². The second kappa shape index (κ2) is 13.9. The molecule has 0 aliphatic rings. The molecule has 37 heavy (non-hydrogen) atoms. The molecule has 0 saturated carbocycles. The third kappa shape index (κ3) is 7.99. The highest BCUT2D eigenvalue weighted by Crippen LogP contribution is 2.25. The van der Waals surface area contributed by atoms with Crippen LogP contribution in [-0.2, 0) is 16.1 Å². The first-order valence-corrected chi connectivity index (χ1v) is 11.7. The van der Waals surface area contributed by atoms with Crippen molar-refractivity contribution < 1.29 is 33.6 Å². The zero-order valence-corrected chi connectivity index (χ0v) is 21.5. The van der Waals surface area contributed by atoms with Crippen molar-refractivity contribution in [1.29, 1.82) is 0 Å². The molecule has 0 fully saturated rings. The molecule has 0 amide bonds. The second-order valence-corrected chi connectivity index (χ2v) is 8.12. The maximum Gasteiger partial charge on any atom is 0.338 e.